The summed E-state index contributed by atoms with van der Waals surface area (Å²) in [5.74, 6) is 0.381. The fraction of sp³-hybridized carbons (Fsp3) is 0.714. The normalized spacial score (nSPS) is 20.7. The van der Waals surface area contributed by atoms with E-state index in [0.717, 1.165) is 42.4 Å². The fourth-order valence-electron chi connectivity index (χ4n) is 2.78. The number of carbonyl (C=O) groups is 1. The molecule has 3 rings (SSSR count). The van der Waals surface area contributed by atoms with Gasteiger partial charge in [-0.3, -0.25) is 4.79 Å². The van der Waals surface area contributed by atoms with E-state index < -0.39 is 11.9 Å². The van der Waals surface area contributed by atoms with Crippen molar-refractivity contribution < 1.29 is 18.0 Å². The maximum atomic E-state index is 12.6. The molecule has 22 heavy (non-hydrogen) atoms. The first-order chi connectivity index (χ1) is 10.4. The van der Waals surface area contributed by atoms with E-state index in [2.05, 4.69) is 4.98 Å². The van der Waals surface area contributed by atoms with Crippen LogP contribution in [0.5, 0.6) is 0 Å². The molecule has 2 fully saturated rings. The van der Waals surface area contributed by atoms with Gasteiger partial charge in [-0.2, -0.15) is 13.2 Å². The lowest BCUT2D eigenvalue weighted by atomic mass is 9.84. The van der Waals surface area contributed by atoms with Gasteiger partial charge in [-0.05, 0) is 19.3 Å². The quantitative estimate of drug-likeness (QED) is 0.835. The van der Waals surface area contributed by atoms with Crippen LogP contribution in [-0.4, -0.2) is 42.0 Å². The predicted octanol–water partition coefficient (Wildman–Crippen LogP) is 3.00. The first-order valence-corrected chi connectivity index (χ1v) is 8.39. The van der Waals surface area contributed by atoms with Gasteiger partial charge in [-0.1, -0.05) is 6.42 Å². The third-order valence-corrected chi connectivity index (χ3v) is 5.22. The Hall–Kier alpha value is -1.31. The van der Waals surface area contributed by atoms with E-state index in [0.29, 0.717) is 31.3 Å². The van der Waals surface area contributed by atoms with Gasteiger partial charge in [0.2, 0.25) is 5.91 Å². The molecule has 1 aromatic heterocycles. The molecular weight excluding hydrogens is 315 g/mol. The Bertz CT molecular complexity index is 542. The second-order valence-corrected chi connectivity index (χ2v) is 6.64. The van der Waals surface area contributed by atoms with Crippen LogP contribution in [0, 0.1) is 5.92 Å². The van der Waals surface area contributed by atoms with Crippen molar-refractivity contribution in [1.29, 1.82) is 0 Å². The van der Waals surface area contributed by atoms with Crippen LogP contribution >= 0.6 is 11.3 Å². The number of rotatable bonds is 2. The summed E-state index contributed by atoms with van der Waals surface area (Å²) in [6.45, 7) is 2.43. The summed E-state index contributed by atoms with van der Waals surface area (Å²) in [5, 5.41) is 1.45. The highest BCUT2D eigenvalue weighted by Crippen LogP contribution is 2.33. The Morgan fingerprint density at radius 1 is 1.18 bits per heavy atom. The van der Waals surface area contributed by atoms with Gasteiger partial charge >= 0.3 is 6.18 Å². The van der Waals surface area contributed by atoms with E-state index in [1.165, 1.54) is 0 Å². The Kier molecular flexibility index (Phi) is 4.29. The largest absolute Gasteiger partial charge is 0.434 e. The van der Waals surface area contributed by atoms with Crippen molar-refractivity contribution in [3.8, 4) is 0 Å². The summed E-state index contributed by atoms with van der Waals surface area (Å²) >= 11 is 1.02. The Morgan fingerprint density at radius 3 is 2.55 bits per heavy atom. The molecule has 2 heterocycles. The molecule has 8 heteroatoms. The number of nitrogens with zero attached hydrogens (tertiary/aromatic N) is 3. The number of alkyl halides is 3. The van der Waals surface area contributed by atoms with Crippen LogP contribution in [0.15, 0.2) is 5.38 Å². The monoisotopic (exact) mass is 333 g/mol. The zero-order chi connectivity index (χ0) is 15.7. The van der Waals surface area contributed by atoms with Crippen molar-refractivity contribution in [3.63, 3.8) is 0 Å². The second kappa shape index (κ2) is 6.06. The number of anilines is 1. The van der Waals surface area contributed by atoms with Gasteiger partial charge in [0.25, 0.3) is 0 Å². The zero-order valence-electron chi connectivity index (χ0n) is 12.1. The second-order valence-electron chi connectivity index (χ2n) is 5.81. The van der Waals surface area contributed by atoms with E-state index in [1.54, 1.807) is 0 Å². The van der Waals surface area contributed by atoms with E-state index in [1.807, 2.05) is 9.80 Å². The van der Waals surface area contributed by atoms with Crippen LogP contribution in [0.4, 0.5) is 18.3 Å². The van der Waals surface area contributed by atoms with Crippen molar-refractivity contribution in [2.45, 2.75) is 31.9 Å². The van der Waals surface area contributed by atoms with Crippen molar-refractivity contribution >= 4 is 22.4 Å². The molecule has 1 aliphatic carbocycles. The van der Waals surface area contributed by atoms with Crippen molar-refractivity contribution in [2.24, 2.45) is 5.92 Å². The average Bonchev–Trinajstić information content (AvgIpc) is 2.75. The lowest BCUT2D eigenvalue weighted by Gasteiger charge is -2.30. The first kappa shape index (κ1) is 15.6. The number of thiazole rings is 1. The molecule has 1 aliphatic heterocycles. The third kappa shape index (κ3) is 3.21. The maximum absolute atomic E-state index is 12.6. The maximum Gasteiger partial charge on any atom is 0.434 e. The lowest BCUT2D eigenvalue weighted by Crippen LogP contribution is -2.41. The Labute approximate surface area is 130 Å². The summed E-state index contributed by atoms with van der Waals surface area (Å²) in [4.78, 5) is 19.7. The molecule has 4 nitrogen and oxygen atoms in total. The average molecular weight is 333 g/mol. The van der Waals surface area contributed by atoms with Gasteiger partial charge in [0.1, 0.15) is 0 Å². The number of aromatic nitrogens is 1. The summed E-state index contributed by atoms with van der Waals surface area (Å²) in [6.07, 6.45) is -0.567. The minimum absolute atomic E-state index is 0.170. The Morgan fingerprint density at radius 2 is 1.95 bits per heavy atom. The van der Waals surface area contributed by atoms with Crippen LogP contribution in [0.1, 0.15) is 31.4 Å². The standard InChI is InChI=1S/C14H18F3N3OS/c15-14(16,17)11-9-22-13(18-11)20-6-2-5-19(7-8-20)12(21)10-3-1-4-10/h9-10H,1-8H2. The predicted molar refractivity (Wildman–Crippen MR) is 77.9 cm³/mol. The molecular formula is C14H18F3N3OS. The topological polar surface area (TPSA) is 36.4 Å². The number of amides is 1. The smallest absolute Gasteiger partial charge is 0.346 e. The van der Waals surface area contributed by atoms with Crippen LogP contribution in [-0.2, 0) is 11.0 Å². The molecule has 2 aliphatic rings. The molecule has 0 radical (unpaired) electrons. The number of hydrogen-bond acceptors (Lipinski definition) is 4. The SMILES string of the molecule is O=C(C1CCC1)N1CCCN(c2nc(C(F)(F)F)cs2)CC1. The minimum atomic E-state index is -4.40. The molecule has 1 saturated heterocycles. The molecule has 0 unspecified atom stereocenters. The van der Waals surface area contributed by atoms with Crippen molar-refractivity contribution in [2.75, 3.05) is 31.1 Å². The van der Waals surface area contributed by atoms with Crippen LogP contribution in [0.25, 0.3) is 0 Å². The number of hydrogen-bond donors (Lipinski definition) is 0. The molecule has 1 amide bonds. The van der Waals surface area contributed by atoms with Gasteiger partial charge in [0.05, 0.1) is 0 Å². The first-order valence-electron chi connectivity index (χ1n) is 7.51. The molecule has 1 aromatic rings. The summed E-state index contributed by atoms with van der Waals surface area (Å²) in [6, 6.07) is 0. The van der Waals surface area contributed by atoms with Crippen LogP contribution in [0.2, 0.25) is 0 Å². The molecule has 0 bridgehead atoms. The third-order valence-electron chi connectivity index (χ3n) is 4.32. The number of halogens is 3. The minimum Gasteiger partial charge on any atom is -0.346 e. The van der Waals surface area contributed by atoms with Crippen LogP contribution < -0.4 is 4.90 Å². The highest BCUT2D eigenvalue weighted by molar-refractivity contribution is 7.13. The highest BCUT2D eigenvalue weighted by atomic mass is 32.1. The summed E-state index contributed by atoms with van der Waals surface area (Å²) in [7, 11) is 0. The molecule has 1 saturated carbocycles. The molecule has 0 aromatic carbocycles. The van der Waals surface area contributed by atoms with Crippen LogP contribution in [0.3, 0.4) is 0 Å². The number of carbonyl (C=O) groups excluding carboxylic acids is 1. The molecule has 0 atom stereocenters. The van der Waals surface area contributed by atoms with E-state index in [4.69, 9.17) is 0 Å². The van der Waals surface area contributed by atoms with Gasteiger partial charge in [-0.25, -0.2) is 4.98 Å². The lowest BCUT2D eigenvalue weighted by molar-refractivity contribution is -0.140. The summed E-state index contributed by atoms with van der Waals surface area (Å²) in [5.41, 5.74) is -0.834. The van der Waals surface area contributed by atoms with Gasteiger partial charge in [0.15, 0.2) is 10.8 Å². The zero-order valence-corrected chi connectivity index (χ0v) is 12.9. The molecule has 0 spiro atoms. The van der Waals surface area contributed by atoms with Crippen molar-refractivity contribution in [3.05, 3.63) is 11.1 Å². The molecule has 0 N–H and O–H groups in total. The Balaban J connectivity index is 1.62. The summed E-state index contributed by atoms with van der Waals surface area (Å²) < 4.78 is 37.9. The fourth-order valence-corrected chi connectivity index (χ4v) is 3.67. The van der Waals surface area contributed by atoms with Gasteiger partial charge in [0, 0.05) is 37.5 Å². The van der Waals surface area contributed by atoms with Crippen molar-refractivity contribution in [1.82, 2.24) is 9.88 Å². The van der Waals surface area contributed by atoms with E-state index >= 15 is 0 Å². The van der Waals surface area contributed by atoms with E-state index in [-0.39, 0.29) is 11.8 Å². The van der Waals surface area contributed by atoms with Gasteiger partial charge < -0.3 is 9.80 Å². The van der Waals surface area contributed by atoms with E-state index in [9.17, 15) is 18.0 Å². The highest BCUT2D eigenvalue weighted by Gasteiger charge is 2.35. The van der Waals surface area contributed by atoms with Gasteiger partial charge in [-0.15, -0.1) is 11.3 Å². The molecule has 122 valence electrons.